The number of primary sulfonamides is 1. The van der Waals surface area contributed by atoms with E-state index in [2.05, 4.69) is 10.6 Å². The lowest BCUT2D eigenvalue weighted by atomic mass is 9.91. The Bertz CT molecular complexity index is 1240. The number of aryl methyl sites for hydroxylation is 1. The molecule has 2 unspecified atom stereocenters. The first-order valence-electron chi connectivity index (χ1n) is 10.2. The van der Waals surface area contributed by atoms with Crippen molar-refractivity contribution >= 4 is 21.8 Å². The van der Waals surface area contributed by atoms with Crippen LogP contribution in [0.15, 0.2) is 29.2 Å². The summed E-state index contributed by atoms with van der Waals surface area (Å²) in [5, 5.41) is 9.62. The lowest BCUT2D eigenvalue weighted by molar-refractivity contribution is -0.121. The number of hydrogen-bond acceptors (Lipinski definition) is 5. The van der Waals surface area contributed by atoms with E-state index in [9.17, 15) is 35.6 Å². The maximum absolute atomic E-state index is 13.9. The van der Waals surface area contributed by atoms with E-state index < -0.39 is 61.6 Å². The monoisotopic (exact) mass is 502 g/mol. The van der Waals surface area contributed by atoms with Crippen molar-refractivity contribution in [1.82, 2.24) is 10.6 Å². The summed E-state index contributed by atoms with van der Waals surface area (Å²) in [7, 11) is -4.51. The van der Waals surface area contributed by atoms with Crippen LogP contribution < -0.4 is 21.5 Å². The quantitative estimate of drug-likeness (QED) is 0.317. The number of carbonyl (C=O) groups is 2. The SMILES string of the molecule is NC(CC(=O)NCCNC(=O)c1cc(S(N)(=O)=O)c(F)cc1F)C1CCc2cc(F)c(F)cc21. The average Bonchev–Trinajstić information content (AvgIpc) is 3.13. The van der Waals surface area contributed by atoms with Crippen molar-refractivity contribution in [1.29, 1.82) is 0 Å². The van der Waals surface area contributed by atoms with Gasteiger partial charge in [0.25, 0.3) is 5.91 Å². The van der Waals surface area contributed by atoms with Crippen LogP contribution in [0.5, 0.6) is 0 Å². The fraction of sp³-hybridized carbons (Fsp3) is 0.333. The van der Waals surface area contributed by atoms with Crippen LogP contribution in [0.3, 0.4) is 0 Å². The molecule has 2 amide bonds. The van der Waals surface area contributed by atoms with Gasteiger partial charge in [0, 0.05) is 37.5 Å². The number of benzene rings is 2. The van der Waals surface area contributed by atoms with Crippen molar-refractivity contribution in [2.24, 2.45) is 10.9 Å². The number of rotatable bonds is 8. The Labute approximate surface area is 192 Å². The second-order valence-corrected chi connectivity index (χ2v) is 9.42. The molecule has 0 heterocycles. The molecule has 0 spiro atoms. The van der Waals surface area contributed by atoms with E-state index in [1.807, 2.05) is 0 Å². The van der Waals surface area contributed by atoms with Gasteiger partial charge >= 0.3 is 0 Å². The normalized spacial score (nSPS) is 16.1. The Morgan fingerprint density at radius 1 is 0.971 bits per heavy atom. The lowest BCUT2D eigenvalue weighted by Crippen LogP contribution is -2.39. The molecule has 0 aromatic heterocycles. The van der Waals surface area contributed by atoms with Crippen molar-refractivity contribution in [3.63, 3.8) is 0 Å². The number of nitrogens with two attached hydrogens (primary N) is 2. The van der Waals surface area contributed by atoms with Gasteiger partial charge in [0.1, 0.15) is 16.5 Å². The molecule has 1 aliphatic rings. The van der Waals surface area contributed by atoms with E-state index in [1.165, 1.54) is 0 Å². The van der Waals surface area contributed by atoms with E-state index in [0.717, 1.165) is 12.1 Å². The Morgan fingerprint density at radius 2 is 1.62 bits per heavy atom. The average molecular weight is 502 g/mol. The number of amides is 2. The fourth-order valence-electron chi connectivity index (χ4n) is 3.90. The van der Waals surface area contributed by atoms with Crippen LogP contribution >= 0.6 is 0 Å². The molecule has 34 heavy (non-hydrogen) atoms. The third-order valence-electron chi connectivity index (χ3n) is 5.55. The molecule has 1 aliphatic carbocycles. The molecule has 2 aromatic rings. The molecule has 0 radical (unpaired) electrons. The fourth-order valence-corrected chi connectivity index (χ4v) is 4.51. The molecule has 6 N–H and O–H groups in total. The number of carbonyl (C=O) groups excluding carboxylic acids is 2. The number of nitrogens with one attached hydrogen (secondary N) is 2. The maximum atomic E-state index is 13.9. The molecule has 0 fully saturated rings. The second kappa shape index (κ2) is 10.1. The Balaban J connectivity index is 1.50. The van der Waals surface area contributed by atoms with Crippen LogP contribution in [-0.4, -0.2) is 39.4 Å². The smallest absolute Gasteiger partial charge is 0.254 e. The predicted octanol–water partition coefficient (Wildman–Crippen LogP) is 1.18. The zero-order chi connectivity index (χ0) is 25.2. The third kappa shape index (κ3) is 5.72. The summed E-state index contributed by atoms with van der Waals surface area (Å²) in [6, 6.07) is 2.31. The minimum atomic E-state index is -4.51. The molecule has 8 nitrogen and oxygen atoms in total. The van der Waals surface area contributed by atoms with Crippen molar-refractivity contribution in [2.45, 2.75) is 36.1 Å². The molecular weight excluding hydrogens is 480 g/mol. The summed E-state index contributed by atoms with van der Waals surface area (Å²) in [5.74, 6) is -6.44. The molecular formula is C21H22F4N4O4S. The minimum absolute atomic E-state index is 0.0662. The Hall–Kier alpha value is -3.03. The summed E-state index contributed by atoms with van der Waals surface area (Å²) in [6.07, 6.45) is 0.958. The molecule has 0 saturated heterocycles. The van der Waals surface area contributed by atoms with Gasteiger partial charge in [0.2, 0.25) is 15.9 Å². The first kappa shape index (κ1) is 25.6. The minimum Gasteiger partial charge on any atom is -0.354 e. The maximum Gasteiger partial charge on any atom is 0.254 e. The zero-order valence-corrected chi connectivity index (χ0v) is 18.5. The number of fused-ring (bicyclic) bond motifs is 1. The Kier molecular flexibility index (Phi) is 7.58. The van der Waals surface area contributed by atoms with E-state index in [0.29, 0.717) is 30.0 Å². The van der Waals surface area contributed by atoms with Crippen molar-refractivity contribution in [3.8, 4) is 0 Å². The van der Waals surface area contributed by atoms with Gasteiger partial charge in [-0.2, -0.15) is 0 Å². The summed E-state index contributed by atoms with van der Waals surface area (Å²) in [5.41, 5.74) is 6.61. The van der Waals surface area contributed by atoms with Gasteiger partial charge in [-0.3, -0.25) is 9.59 Å². The summed E-state index contributed by atoms with van der Waals surface area (Å²) >= 11 is 0. The highest BCUT2D eigenvalue weighted by Gasteiger charge is 2.30. The van der Waals surface area contributed by atoms with E-state index in [4.69, 9.17) is 10.9 Å². The summed E-state index contributed by atoms with van der Waals surface area (Å²) in [6.45, 7) is -0.221. The van der Waals surface area contributed by atoms with Gasteiger partial charge < -0.3 is 16.4 Å². The molecule has 0 bridgehead atoms. The molecule has 3 rings (SSSR count). The van der Waals surface area contributed by atoms with Gasteiger partial charge in [-0.25, -0.2) is 31.1 Å². The highest BCUT2D eigenvalue weighted by molar-refractivity contribution is 7.89. The first-order chi connectivity index (χ1) is 15.9. The van der Waals surface area contributed by atoms with Crippen molar-refractivity contribution < 1.29 is 35.6 Å². The van der Waals surface area contributed by atoms with E-state index in [-0.39, 0.29) is 31.5 Å². The molecule has 13 heteroatoms. The molecule has 0 saturated carbocycles. The highest BCUT2D eigenvalue weighted by atomic mass is 32.2. The molecule has 2 atom stereocenters. The highest BCUT2D eigenvalue weighted by Crippen LogP contribution is 2.36. The largest absolute Gasteiger partial charge is 0.354 e. The van der Waals surface area contributed by atoms with Crippen LogP contribution in [0.1, 0.15) is 40.2 Å². The van der Waals surface area contributed by atoms with E-state index >= 15 is 0 Å². The second-order valence-electron chi connectivity index (χ2n) is 7.89. The van der Waals surface area contributed by atoms with Crippen LogP contribution in [-0.2, 0) is 21.2 Å². The van der Waals surface area contributed by atoms with Crippen LogP contribution in [0.4, 0.5) is 17.6 Å². The number of hydrogen-bond donors (Lipinski definition) is 4. The van der Waals surface area contributed by atoms with Crippen LogP contribution in [0.25, 0.3) is 0 Å². The van der Waals surface area contributed by atoms with Crippen LogP contribution in [0, 0.1) is 23.3 Å². The zero-order valence-electron chi connectivity index (χ0n) is 17.7. The third-order valence-corrected chi connectivity index (χ3v) is 6.48. The van der Waals surface area contributed by atoms with Crippen LogP contribution in [0.2, 0.25) is 0 Å². The van der Waals surface area contributed by atoms with Crippen molar-refractivity contribution in [3.05, 3.63) is 64.2 Å². The van der Waals surface area contributed by atoms with Gasteiger partial charge in [0.05, 0.1) is 5.56 Å². The molecule has 2 aromatic carbocycles. The summed E-state index contributed by atoms with van der Waals surface area (Å²) < 4.78 is 77.2. The number of sulfonamides is 1. The van der Waals surface area contributed by atoms with E-state index in [1.54, 1.807) is 0 Å². The van der Waals surface area contributed by atoms with Gasteiger partial charge in [-0.1, -0.05) is 0 Å². The standard InChI is InChI=1S/C21H22F4N4O4S/c22-14-8-17(25)19(34(27,32)33)7-13(14)21(31)29-4-3-28-20(30)9-18(26)11-2-1-10-5-15(23)16(24)6-12(10)11/h5-8,11,18H,1-4,9,26H2,(H,28,30)(H,29,31)(H2,27,32,33). The first-order valence-corrected chi connectivity index (χ1v) is 11.7. The van der Waals surface area contributed by atoms with Gasteiger partial charge in [0.15, 0.2) is 11.6 Å². The molecule has 0 aliphatic heterocycles. The number of halogens is 4. The molecule has 184 valence electrons. The predicted molar refractivity (Wildman–Crippen MR) is 113 cm³/mol. The lowest BCUT2D eigenvalue weighted by Gasteiger charge is -2.20. The van der Waals surface area contributed by atoms with Gasteiger partial charge in [-0.15, -0.1) is 0 Å². The topological polar surface area (TPSA) is 144 Å². The van der Waals surface area contributed by atoms with Crippen molar-refractivity contribution in [2.75, 3.05) is 13.1 Å². The Morgan fingerprint density at radius 3 is 2.29 bits per heavy atom. The summed E-state index contributed by atoms with van der Waals surface area (Å²) in [4.78, 5) is 23.3. The van der Waals surface area contributed by atoms with Gasteiger partial charge in [-0.05, 0) is 42.2 Å².